The van der Waals surface area contributed by atoms with Crippen LogP contribution in [0, 0.1) is 5.92 Å². The van der Waals surface area contributed by atoms with Gasteiger partial charge in [0.15, 0.2) is 0 Å². The number of nitrogens with zero attached hydrogens (tertiary/aromatic N) is 2. The van der Waals surface area contributed by atoms with Gasteiger partial charge < -0.3 is 9.64 Å². The lowest BCUT2D eigenvalue weighted by Gasteiger charge is -2.20. The Morgan fingerprint density at radius 2 is 2.33 bits per heavy atom. The predicted octanol–water partition coefficient (Wildman–Crippen LogP) is 2.49. The van der Waals surface area contributed by atoms with Crippen LogP contribution in [0.4, 0.5) is 5.82 Å². The maximum Gasteiger partial charge on any atom is 0.342 e. The molecule has 1 aromatic heterocycles. The van der Waals surface area contributed by atoms with Crippen LogP contribution in [0.3, 0.4) is 0 Å². The van der Waals surface area contributed by atoms with Gasteiger partial charge in [-0.3, -0.25) is 0 Å². The number of pyridine rings is 1. The summed E-state index contributed by atoms with van der Waals surface area (Å²) in [7, 11) is 0. The van der Waals surface area contributed by atoms with Crippen LogP contribution in [-0.4, -0.2) is 30.1 Å². The third kappa shape index (κ3) is 2.81. The average Bonchev–Trinajstić information content (AvgIpc) is 2.75. The van der Waals surface area contributed by atoms with E-state index in [9.17, 15) is 4.79 Å². The maximum atomic E-state index is 12.0. The maximum absolute atomic E-state index is 12.0. The van der Waals surface area contributed by atoms with Crippen molar-refractivity contribution in [1.82, 2.24) is 4.98 Å². The molecule has 98 valence electrons. The lowest BCUT2D eigenvalue weighted by atomic mass is 10.2. The van der Waals surface area contributed by atoms with Crippen LogP contribution in [0.5, 0.6) is 0 Å². The normalized spacial score (nSPS) is 19.3. The van der Waals surface area contributed by atoms with E-state index in [1.165, 1.54) is 0 Å². The highest BCUT2D eigenvalue weighted by Crippen LogP contribution is 2.25. The summed E-state index contributed by atoms with van der Waals surface area (Å²) in [6.07, 6.45) is 2.77. The Morgan fingerprint density at radius 3 is 2.94 bits per heavy atom. The van der Waals surface area contributed by atoms with Gasteiger partial charge in [-0.15, -0.1) is 0 Å². The number of carbonyl (C=O) groups is 1. The van der Waals surface area contributed by atoms with E-state index in [4.69, 9.17) is 4.74 Å². The van der Waals surface area contributed by atoms with Crippen LogP contribution >= 0.6 is 0 Å². The minimum Gasteiger partial charge on any atom is -0.459 e. The molecule has 0 amide bonds. The number of carbonyl (C=O) groups excluding carboxylic acids is 1. The Labute approximate surface area is 108 Å². The molecule has 2 heterocycles. The lowest BCUT2D eigenvalue weighted by molar-refractivity contribution is 0.0378. The highest BCUT2D eigenvalue weighted by atomic mass is 16.5. The van der Waals surface area contributed by atoms with Crippen LogP contribution in [0.25, 0.3) is 0 Å². The molecule has 0 radical (unpaired) electrons. The second-order valence-corrected chi connectivity index (χ2v) is 5.17. The van der Waals surface area contributed by atoms with Crippen molar-refractivity contribution in [3.8, 4) is 0 Å². The Morgan fingerprint density at radius 1 is 1.56 bits per heavy atom. The molecule has 2 rings (SSSR count). The summed E-state index contributed by atoms with van der Waals surface area (Å²) in [4.78, 5) is 18.5. The minimum atomic E-state index is -0.285. The molecule has 0 aromatic carbocycles. The highest BCUT2D eigenvalue weighted by Gasteiger charge is 2.25. The van der Waals surface area contributed by atoms with Crippen molar-refractivity contribution in [3.05, 3.63) is 23.9 Å². The first-order valence-electron chi connectivity index (χ1n) is 6.49. The van der Waals surface area contributed by atoms with E-state index in [-0.39, 0.29) is 12.1 Å². The molecular formula is C14H20N2O2. The van der Waals surface area contributed by atoms with Crippen molar-refractivity contribution in [3.63, 3.8) is 0 Å². The van der Waals surface area contributed by atoms with E-state index in [0.717, 1.165) is 25.3 Å². The van der Waals surface area contributed by atoms with Gasteiger partial charge in [-0.2, -0.15) is 0 Å². The smallest absolute Gasteiger partial charge is 0.342 e. The molecule has 1 fully saturated rings. The van der Waals surface area contributed by atoms with Crippen molar-refractivity contribution < 1.29 is 9.53 Å². The van der Waals surface area contributed by atoms with Crippen molar-refractivity contribution in [2.75, 3.05) is 18.0 Å². The molecule has 1 atom stereocenters. The molecule has 18 heavy (non-hydrogen) atoms. The van der Waals surface area contributed by atoms with Crippen molar-refractivity contribution >= 4 is 11.8 Å². The van der Waals surface area contributed by atoms with Crippen LogP contribution in [0.15, 0.2) is 18.3 Å². The summed E-state index contributed by atoms with van der Waals surface area (Å²) in [6.45, 7) is 7.84. The zero-order chi connectivity index (χ0) is 13.1. The van der Waals surface area contributed by atoms with Crippen LogP contribution < -0.4 is 4.90 Å². The average molecular weight is 248 g/mol. The van der Waals surface area contributed by atoms with Crippen molar-refractivity contribution in [1.29, 1.82) is 0 Å². The summed E-state index contributed by atoms with van der Waals surface area (Å²) in [6, 6.07) is 3.57. The standard InChI is InChI=1S/C14H20N2O2/c1-10(2)18-14(17)12-5-4-7-15-13(12)16-8-6-11(3)9-16/h4-5,7,10-11H,6,8-9H2,1-3H3/t11-/m1/s1. The van der Waals surface area contributed by atoms with Gasteiger partial charge in [0, 0.05) is 19.3 Å². The molecule has 0 spiro atoms. The molecule has 0 unspecified atom stereocenters. The molecule has 4 nitrogen and oxygen atoms in total. The van der Waals surface area contributed by atoms with Crippen LogP contribution in [0.1, 0.15) is 37.6 Å². The summed E-state index contributed by atoms with van der Waals surface area (Å²) >= 11 is 0. The zero-order valence-corrected chi connectivity index (χ0v) is 11.2. The van der Waals surface area contributed by atoms with Gasteiger partial charge in [0.05, 0.1) is 6.10 Å². The van der Waals surface area contributed by atoms with Crippen molar-refractivity contribution in [2.24, 2.45) is 5.92 Å². The predicted molar refractivity (Wildman–Crippen MR) is 70.8 cm³/mol. The van der Waals surface area contributed by atoms with Gasteiger partial charge in [0.1, 0.15) is 11.4 Å². The largest absolute Gasteiger partial charge is 0.459 e. The molecule has 0 aliphatic carbocycles. The summed E-state index contributed by atoms with van der Waals surface area (Å²) in [5.41, 5.74) is 0.570. The Hall–Kier alpha value is -1.58. The first-order chi connectivity index (χ1) is 8.58. The number of esters is 1. The fourth-order valence-electron chi connectivity index (χ4n) is 2.21. The van der Waals surface area contributed by atoms with E-state index < -0.39 is 0 Å². The molecule has 1 aliphatic heterocycles. The molecule has 4 heteroatoms. The molecule has 1 aliphatic rings. The fraction of sp³-hybridized carbons (Fsp3) is 0.571. The van der Waals surface area contributed by atoms with Gasteiger partial charge >= 0.3 is 5.97 Å². The molecule has 1 aromatic rings. The third-order valence-electron chi connectivity index (χ3n) is 3.07. The second-order valence-electron chi connectivity index (χ2n) is 5.17. The molecule has 1 saturated heterocycles. The summed E-state index contributed by atoms with van der Waals surface area (Å²) < 4.78 is 5.26. The van der Waals surface area contributed by atoms with Crippen LogP contribution in [0.2, 0.25) is 0 Å². The van der Waals surface area contributed by atoms with Gasteiger partial charge in [-0.1, -0.05) is 6.92 Å². The first-order valence-corrected chi connectivity index (χ1v) is 6.49. The number of ether oxygens (including phenoxy) is 1. The Bertz CT molecular complexity index is 432. The van der Waals surface area contributed by atoms with E-state index >= 15 is 0 Å². The summed E-state index contributed by atoms with van der Waals surface area (Å²) in [5.74, 6) is 1.13. The van der Waals surface area contributed by atoms with E-state index in [0.29, 0.717) is 11.5 Å². The second kappa shape index (κ2) is 5.38. The van der Waals surface area contributed by atoms with E-state index in [2.05, 4.69) is 16.8 Å². The van der Waals surface area contributed by atoms with Crippen molar-refractivity contribution in [2.45, 2.75) is 33.3 Å². The Kier molecular flexibility index (Phi) is 3.84. The minimum absolute atomic E-state index is 0.108. The number of hydrogen-bond acceptors (Lipinski definition) is 4. The van der Waals surface area contributed by atoms with Gasteiger partial charge in [-0.05, 0) is 38.3 Å². The first kappa shape index (κ1) is 12.9. The lowest BCUT2D eigenvalue weighted by Crippen LogP contribution is -2.24. The Balaban J connectivity index is 2.22. The SMILES string of the molecule is CC(C)OC(=O)c1cccnc1N1CC[C@@H](C)C1. The number of anilines is 1. The monoisotopic (exact) mass is 248 g/mol. The molecule has 0 bridgehead atoms. The topological polar surface area (TPSA) is 42.4 Å². The number of aromatic nitrogens is 1. The quantitative estimate of drug-likeness (QED) is 0.771. The van der Waals surface area contributed by atoms with Gasteiger partial charge in [0.25, 0.3) is 0 Å². The number of hydrogen-bond donors (Lipinski definition) is 0. The molecular weight excluding hydrogens is 228 g/mol. The van der Waals surface area contributed by atoms with Crippen LogP contribution in [-0.2, 0) is 4.74 Å². The van der Waals surface area contributed by atoms with E-state index in [1.54, 1.807) is 18.3 Å². The van der Waals surface area contributed by atoms with Gasteiger partial charge in [0.2, 0.25) is 0 Å². The number of rotatable bonds is 3. The fourth-order valence-corrected chi connectivity index (χ4v) is 2.21. The molecule has 0 saturated carbocycles. The highest BCUT2D eigenvalue weighted by molar-refractivity contribution is 5.94. The van der Waals surface area contributed by atoms with E-state index in [1.807, 2.05) is 13.8 Å². The zero-order valence-electron chi connectivity index (χ0n) is 11.2. The van der Waals surface area contributed by atoms with Gasteiger partial charge in [-0.25, -0.2) is 9.78 Å². The third-order valence-corrected chi connectivity index (χ3v) is 3.07. The summed E-state index contributed by atoms with van der Waals surface area (Å²) in [5, 5.41) is 0. The molecule has 0 N–H and O–H groups in total.